The van der Waals surface area contributed by atoms with Crippen LogP contribution >= 0.6 is 0 Å². The Morgan fingerprint density at radius 2 is 2.06 bits per heavy atom. The van der Waals surface area contributed by atoms with Crippen LogP contribution in [0.1, 0.15) is 80.4 Å². The van der Waals surface area contributed by atoms with Crippen molar-refractivity contribution in [2.24, 2.45) is 11.3 Å². The van der Waals surface area contributed by atoms with Crippen molar-refractivity contribution in [3.05, 3.63) is 35.0 Å². The summed E-state index contributed by atoms with van der Waals surface area (Å²) in [5.41, 5.74) is 0.636. The van der Waals surface area contributed by atoms with Crippen molar-refractivity contribution in [1.29, 1.82) is 10.5 Å². The first-order valence-electron chi connectivity index (χ1n) is 11.7. The number of hydrogen-bond acceptors (Lipinski definition) is 6. The number of carbonyl (C=O) groups is 1. The van der Waals surface area contributed by atoms with Gasteiger partial charge in [0, 0.05) is 19.2 Å². The van der Waals surface area contributed by atoms with Crippen molar-refractivity contribution in [3.8, 4) is 23.7 Å². The Hall–Kier alpha value is -3.39. The van der Waals surface area contributed by atoms with Gasteiger partial charge < -0.3 is 10.1 Å². The quantitative estimate of drug-likeness (QED) is 0.649. The van der Waals surface area contributed by atoms with Crippen LogP contribution in [0.5, 0.6) is 5.75 Å². The highest BCUT2D eigenvalue weighted by molar-refractivity contribution is 5.94. The molecule has 0 spiro atoms. The van der Waals surface area contributed by atoms with Gasteiger partial charge in [-0.3, -0.25) is 9.36 Å². The van der Waals surface area contributed by atoms with Gasteiger partial charge in [-0.1, -0.05) is 27.2 Å². The van der Waals surface area contributed by atoms with E-state index >= 15 is 0 Å². The van der Waals surface area contributed by atoms with Crippen LogP contribution in [-0.2, 0) is 12.8 Å². The van der Waals surface area contributed by atoms with Gasteiger partial charge in [-0.05, 0) is 49.7 Å². The first-order chi connectivity index (χ1) is 15.9. The molecule has 0 atom stereocenters. The van der Waals surface area contributed by atoms with Gasteiger partial charge in [0.15, 0.2) is 23.0 Å². The van der Waals surface area contributed by atoms with Gasteiger partial charge in [-0.2, -0.15) is 10.5 Å². The van der Waals surface area contributed by atoms with Crippen molar-refractivity contribution >= 4 is 5.91 Å². The first-order valence-corrected chi connectivity index (χ1v) is 11.7. The lowest BCUT2D eigenvalue weighted by molar-refractivity contribution is 0.0922. The maximum Gasteiger partial charge on any atom is 0.272 e. The molecule has 0 aromatic carbocycles. The minimum absolute atomic E-state index is 0.0492. The molecule has 174 valence electrons. The molecule has 1 fully saturated rings. The maximum atomic E-state index is 13.1. The SMILES string of the molecule is CCCc1cnc(-n2c(CC)nc(C(=O)NCC3(C#N)CCC(C)CC3)c2C#N)c(OC)c1. The molecule has 2 heterocycles. The Kier molecular flexibility index (Phi) is 7.71. The van der Waals surface area contributed by atoms with Crippen LogP contribution in [0, 0.1) is 34.0 Å². The third-order valence-corrected chi connectivity index (χ3v) is 6.50. The normalized spacial score (nSPS) is 20.0. The topological polar surface area (TPSA) is 117 Å². The second kappa shape index (κ2) is 10.5. The molecule has 0 saturated heterocycles. The van der Waals surface area contributed by atoms with Crippen molar-refractivity contribution in [2.75, 3.05) is 13.7 Å². The van der Waals surface area contributed by atoms with E-state index in [2.05, 4.69) is 41.3 Å². The molecule has 0 bridgehead atoms. The zero-order valence-corrected chi connectivity index (χ0v) is 19.9. The number of imidazole rings is 1. The van der Waals surface area contributed by atoms with E-state index in [9.17, 15) is 15.3 Å². The zero-order valence-electron chi connectivity index (χ0n) is 19.9. The average Bonchev–Trinajstić information content (AvgIpc) is 3.22. The Balaban J connectivity index is 1.94. The number of carbonyl (C=O) groups excluding carboxylic acids is 1. The lowest BCUT2D eigenvalue weighted by Gasteiger charge is -2.33. The number of hydrogen-bond donors (Lipinski definition) is 1. The van der Waals surface area contributed by atoms with Crippen LogP contribution < -0.4 is 10.1 Å². The molecule has 0 aliphatic heterocycles. The van der Waals surface area contributed by atoms with E-state index in [0.29, 0.717) is 29.7 Å². The molecule has 1 N–H and O–H groups in total. The molecular formula is C25H32N6O2. The van der Waals surface area contributed by atoms with E-state index in [1.54, 1.807) is 17.9 Å². The predicted octanol–water partition coefficient (Wildman–Crippen LogP) is 4.11. The number of nitrogens with one attached hydrogen (secondary N) is 1. The fourth-order valence-electron chi connectivity index (χ4n) is 4.39. The molecular weight excluding hydrogens is 416 g/mol. The van der Waals surface area contributed by atoms with Crippen LogP contribution in [0.15, 0.2) is 12.3 Å². The highest BCUT2D eigenvalue weighted by Gasteiger charge is 2.35. The smallest absolute Gasteiger partial charge is 0.272 e. The number of pyridine rings is 1. The van der Waals surface area contributed by atoms with Gasteiger partial charge in [0.25, 0.3) is 5.91 Å². The van der Waals surface area contributed by atoms with Gasteiger partial charge >= 0.3 is 0 Å². The van der Waals surface area contributed by atoms with Crippen LogP contribution in [0.25, 0.3) is 5.82 Å². The van der Waals surface area contributed by atoms with E-state index in [4.69, 9.17) is 4.74 Å². The summed E-state index contributed by atoms with van der Waals surface area (Å²) < 4.78 is 7.16. The van der Waals surface area contributed by atoms with Crippen molar-refractivity contribution < 1.29 is 9.53 Å². The molecule has 1 amide bonds. The average molecular weight is 449 g/mol. The molecule has 1 saturated carbocycles. The van der Waals surface area contributed by atoms with Crippen LogP contribution in [0.3, 0.4) is 0 Å². The molecule has 33 heavy (non-hydrogen) atoms. The van der Waals surface area contributed by atoms with Crippen molar-refractivity contribution in [1.82, 2.24) is 19.9 Å². The first kappa shape index (κ1) is 24.3. The molecule has 8 nitrogen and oxygen atoms in total. The molecule has 1 aliphatic rings. The fraction of sp³-hybridized carbons (Fsp3) is 0.560. The number of ether oxygens (including phenoxy) is 1. The minimum atomic E-state index is -0.564. The highest BCUT2D eigenvalue weighted by atomic mass is 16.5. The maximum absolute atomic E-state index is 13.1. The summed E-state index contributed by atoms with van der Waals surface area (Å²) in [6, 6.07) is 6.47. The number of amides is 1. The second-order valence-electron chi connectivity index (χ2n) is 8.90. The van der Waals surface area contributed by atoms with E-state index in [1.165, 1.54) is 0 Å². The largest absolute Gasteiger partial charge is 0.493 e. The third-order valence-electron chi connectivity index (χ3n) is 6.50. The third kappa shape index (κ3) is 5.01. The molecule has 8 heteroatoms. The van der Waals surface area contributed by atoms with Crippen molar-refractivity contribution in [2.45, 2.75) is 65.7 Å². The Morgan fingerprint density at radius 3 is 2.64 bits per heavy atom. The number of aromatic nitrogens is 3. The lowest BCUT2D eigenvalue weighted by atomic mass is 9.72. The van der Waals surface area contributed by atoms with E-state index < -0.39 is 11.3 Å². The van der Waals surface area contributed by atoms with Gasteiger partial charge in [0.2, 0.25) is 0 Å². The minimum Gasteiger partial charge on any atom is -0.493 e. The van der Waals surface area contributed by atoms with Crippen LogP contribution in [0.4, 0.5) is 0 Å². The monoisotopic (exact) mass is 448 g/mol. The standard InChI is InChI=1S/C25H32N6O2/c1-5-7-18-12-20(33-4)23(28-14-18)31-19(13-26)22(30-21(31)6-2)24(32)29-16-25(15-27)10-8-17(3)9-11-25/h12,14,17H,5-11,16H2,1-4H3,(H,29,32). The summed E-state index contributed by atoms with van der Waals surface area (Å²) in [7, 11) is 1.56. The van der Waals surface area contributed by atoms with Gasteiger partial charge in [-0.15, -0.1) is 0 Å². The lowest BCUT2D eigenvalue weighted by Crippen LogP contribution is -2.39. The molecule has 2 aromatic heterocycles. The second-order valence-corrected chi connectivity index (χ2v) is 8.90. The zero-order chi connectivity index (χ0) is 24.0. The number of rotatable bonds is 8. The van der Waals surface area contributed by atoms with Crippen molar-refractivity contribution in [3.63, 3.8) is 0 Å². The predicted molar refractivity (Wildman–Crippen MR) is 124 cm³/mol. The number of nitrogens with zero attached hydrogens (tertiary/aromatic N) is 5. The summed E-state index contributed by atoms with van der Waals surface area (Å²) in [4.78, 5) is 22.1. The van der Waals surface area contributed by atoms with E-state index in [-0.39, 0.29) is 17.9 Å². The summed E-state index contributed by atoms with van der Waals surface area (Å²) >= 11 is 0. The van der Waals surface area contributed by atoms with Gasteiger partial charge in [0.05, 0.1) is 18.6 Å². The number of aryl methyl sites for hydroxylation is 2. The molecule has 3 rings (SSSR count). The van der Waals surface area contributed by atoms with E-state index in [1.807, 2.05) is 13.0 Å². The van der Waals surface area contributed by atoms with Gasteiger partial charge in [-0.25, -0.2) is 9.97 Å². The Labute approximate surface area is 195 Å². The summed E-state index contributed by atoms with van der Waals surface area (Å²) in [6.07, 6.45) is 7.58. The summed E-state index contributed by atoms with van der Waals surface area (Å²) in [6.45, 7) is 6.44. The van der Waals surface area contributed by atoms with E-state index in [0.717, 1.165) is 44.1 Å². The van der Waals surface area contributed by atoms with Gasteiger partial charge in [0.1, 0.15) is 11.9 Å². The molecule has 0 unspecified atom stereocenters. The summed E-state index contributed by atoms with van der Waals surface area (Å²) in [5.74, 6) is 1.66. The Morgan fingerprint density at radius 1 is 1.33 bits per heavy atom. The molecule has 1 aliphatic carbocycles. The van der Waals surface area contributed by atoms with Crippen LogP contribution in [0.2, 0.25) is 0 Å². The summed E-state index contributed by atoms with van der Waals surface area (Å²) in [5, 5.41) is 22.6. The fourth-order valence-corrected chi connectivity index (χ4v) is 4.39. The molecule has 0 radical (unpaired) electrons. The van der Waals surface area contributed by atoms with Crippen LogP contribution in [-0.4, -0.2) is 34.1 Å². The highest BCUT2D eigenvalue weighted by Crippen LogP contribution is 2.38. The molecule has 2 aromatic rings. The number of methoxy groups -OCH3 is 1. The Bertz CT molecular complexity index is 1080. The number of nitriles is 2.